The topological polar surface area (TPSA) is 12.0 Å². The van der Waals surface area contributed by atoms with Gasteiger partial charge in [0.2, 0.25) is 0 Å². The van der Waals surface area contributed by atoms with Gasteiger partial charge in [-0.2, -0.15) is 0 Å². The fourth-order valence-corrected chi connectivity index (χ4v) is 0.899. The summed E-state index contributed by atoms with van der Waals surface area (Å²) in [6.07, 6.45) is 2.79. The van der Waals surface area contributed by atoms with E-state index in [1.165, 1.54) is 19.4 Å². The molecule has 0 aromatic rings. The zero-order valence-electron chi connectivity index (χ0n) is 8.28. The smallest absolute Gasteiger partial charge is 0.00684 e. The fraction of sp³-hybridized carbons (Fsp3) is 1.00. The molecule has 0 aromatic carbocycles. The van der Waals surface area contributed by atoms with Gasteiger partial charge in [0, 0.05) is 12.6 Å². The quantitative estimate of drug-likeness (QED) is 0.657. The summed E-state index contributed by atoms with van der Waals surface area (Å²) in [6, 6.07) is 0.855. The van der Waals surface area contributed by atoms with E-state index in [0.717, 1.165) is 12.0 Å². The Balaban J connectivity index is 2.20. The van der Waals surface area contributed by atoms with Crippen molar-refractivity contribution in [1.29, 1.82) is 0 Å². The van der Waals surface area contributed by atoms with Crippen molar-refractivity contribution in [2.45, 2.75) is 46.6 Å². The Morgan fingerprint density at radius 3 is 2.27 bits per heavy atom. The van der Waals surface area contributed by atoms with Gasteiger partial charge in [0.25, 0.3) is 0 Å². The number of hydrogen-bond acceptors (Lipinski definition) is 1. The number of hydrogen-bond donors (Lipinski definition) is 1. The van der Waals surface area contributed by atoms with E-state index in [-0.39, 0.29) is 0 Å². The molecule has 1 aliphatic rings. The van der Waals surface area contributed by atoms with Crippen LogP contribution in [0.4, 0.5) is 0 Å². The van der Waals surface area contributed by atoms with Gasteiger partial charge in [-0.25, -0.2) is 0 Å². The molecule has 0 bridgehead atoms. The molecule has 66 valence electrons. The lowest BCUT2D eigenvalue weighted by Crippen LogP contribution is -2.34. The third kappa shape index (κ3) is 2.82. The molecule has 0 saturated heterocycles. The van der Waals surface area contributed by atoms with Gasteiger partial charge in [-0.3, -0.25) is 0 Å². The van der Waals surface area contributed by atoms with Crippen molar-refractivity contribution in [3.63, 3.8) is 0 Å². The van der Waals surface area contributed by atoms with Gasteiger partial charge in [0.05, 0.1) is 0 Å². The molecular weight excluding hydrogens is 134 g/mol. The normalized spacial score (nSPS) is 19.4. The third-order valence-corrected chi connectivity index (χ3v) is 2.99. The molecule has 1 heteroatoms. The van der Waals surface area contributed by atoms with Crippen molar-refractivity contribution < 1.29 is 0 Å². The van der Waals surface area contributed by atoms with Crippen molar-refractivity contribution in [2.24, 2.45) is 11.3 Å². The first kappa shape index (κ1) is 9.05. The van der Waals surface area contributed by atoms with Crippen LogP contribution >= 0.6 is 0 Å². The van der Waals surface area contributed by atoms with Crippen LogP contribution in [0.1, 0.15) is 40.5 Å². The standard InChI is InChI=1S/C10H21N/c1-8(2)10(3,4)7-11-9-5-6-9/h8-9,11H,5-7H2,1-4H3. The van der Waals surface area contributed by atoms with Crippen LogP contribution in [0.15, 0.2) is 0 Å². The monoisotopic (exact) mass is 155 g/mol. The Labute approximate surface area is 70.6 Å². The van der Waals surface area contributed by atoms with Gasteiger partial charge >= 0.3 is 0 Å². The molecular formula is C10H21N. The Kier molecular flexibility index (Phi) is 2.58. The molecule has 0 aromatic heterocycles. The SMILES string of the molecule is CC(C)C(C)(C)CNC1CC1. The van der Waals surface area contributed by atoms with Crippen molar-refractivity contribution in [1.82, 2.24) is 5.32 Å². The van der Waals surface area contributed by atoms with E-state index < -0.39 is 0 Å². The molecule has 1 rings (SSSR count). The summed E-state index contributed by atoms with van der Waals surface area (Å²) >= 11 is 0. The first-order valence-electron chi connectivity index (χ1n) is 4.76. The molecule has 0 atom stereocenters. The van der Waals surface area contributed by atoms with Crippen molar-refractivity contribution in [2.75, 3.05) is 6.54 Å². The van der Waals surface area contributed by atoms with Crippen LogP contribution in [0.2, 0.25) is 0 Å². The fourth-order valence-electron chi connectivity index (χ4n) is 0.899. The van der Waals surface area contributed by atoms with Gasteiger partial charge < -0.3 is 5.32 Å². The molecule has 0 unspecified atom stereocenters. The van der Waals surface area contributed by atoms with Crippen LogP contribution < -0.4 is 5.32 Å². The van der Waals surface area contributed by atoms with Crippen LogP contribution in [0, 0.1) is 11.3 Å². The highest BCUT2D eigenvalue weighted by Crippen LogP contribution is 2.27. The van der Waals surface area contributed by atoms with E-state index in [4.69, 9.17) is 0 Å². The maximum atomic E-state index is 3.58. The van der Waals surface area contributed by atoms with Crippen molar-refractivity contribution in [3.8, 4) is 0 Å². The minimum Gasteiger partial charge on any atom is -0.313 e. The van der Waals surface area contributed by atoms with Gasteiger partial charge in [0.15, 0.2) is 0 Å². The molecule has 0 spiro atoms. The Hall–Kier alpha value is -0.0400. The molecule has 1 N–H and O–H groups in total. The predicted octanol–water partition coefficient (Wildman–Crippen LogP) is 2.42. The van der Waals surface area contributed by atoms with Gasteiger partial charge in [0.1, 0.15) is 0 Å². The zero-order chi connectivity index (χ0) is 8.48. The molecule has 0 radical (unpaired) electrons. The van der Waals surface area contributed by atoms with Crippen LogP contribution in [0.25, 0.3) is 0 Å². The van der Waals surface area contributed by atoms with E-state index in [9.17, 15) is 0 Å². The molecule has 1 saturated carbocycles. The molecule has 1 fully saturated rings. The summed E-state index contributed by atoms with van der Waals surface area (Å²) in [5.74, 6) is 0.772. The maximum Gasteiger partial charge on any atom is 0.00684 e. The minimum absolute atomic E-state index is 0.461. The van der Waals surface area contributed by atoms with Crippen LogP contribution in [0.3, 0.4) is 0 Å². The van der Waals surface area contributed by atoms with E-state index in [2.05, 4.69) is 33.0 Å². The van der Waals surface area contributed by atoms with E-state index in [1.807, 2.05) is 0 Å². The highest BCUT2D eigenvalue weighted by atomic mass is 15.0. The largest absolute Gasteiger partial charge is 0.313 e. The van der Waals surface area contributed by atoms with Gasteiger partial charge in [-0.15, -0.1) is 0 Å². The Morgan fingerprint density at radius 1 is 1.36 bits per heavy atom. The maximum absolute atomic E-state index is 3.58. The second kappa shape index (κ2) is 3.14. The average Bonchev–Trinajstić information content (AvgIpc) is 2.65. The summed E-state index contributed by atoms with van der Waals surface area (Å²) in [6.45, 7) is 10.5. The summed E-state index contributed by atoms with van der Waals surface area (Å²) in [7, 11) is 0. The van der Waals surface area contributed by atoms with Gasteiger partial charge in [-0.05, 0) is 24.2 Å². The van der Waals surface area contributed by atoms with Crippen LogP contribution in [-0.4, -0.2) is 12.6 Å². The Morgan fingerprint density at radius 2 is 1.91 bits per heavy atom. The summed E-state index contributed by atoms with van der Waals surface area (Å²) in [4.78, 5) is 0. The summed E-state index contributed by atoms with van der Waals surface area (Å²) in [5.41, 5.74) is 0.461. The first-order chi connectivity index (χ1) is 5.02. The molecule has 1 nitrogen and oxygen atoms in total. The second-order valence-corrected chi connectivity index (χ2v) is 4.80. The molecule has 0 amide bonds. The highest BCUT2D eigenvalue weighted by Gasteiger charge is 2.26. The number of nitrogens with one attached hydrogen (secondary N) is 1. The van der Waals surface area contributed by atoms with Crippen molar-refractivity contribution in [3.05, 3.63) is 0 Å². The zero-order valence-corrected chi connectivity index (χ0v) is 8.28. The summed E-state index contributed by atoms with van der Waals surface area (Å²) in [5, 5.41) is 3.58. The predicted molar refractivity (Wildman–Crippen MR) is 49.6 cm³/mol. The minimum atomic E-state index is 0.461. The van der Waals surface area contributed by atoms with Crippen LogP contribution in [0.5, 0.6) is 0 Å². The Bertz CT molecular complexity index is 123. The highest BCUT2D eigenvalue weighted by molar-refractivity contribution is 4.84. The van der Waals surface area contributed by atoms with E-state index >= 15 is 0 Å². The average molecular weight is 155 g/mol. The van der Waals surface area contributed by atoms with Crippen LogP contribution in [-0.2, 0) is 0 Å². The molecule has 0 heterocycles. The first-order valence-corrected chi connectivity index (χ1v) is 4.76. The van der Waals surface area contributed by atoms with Crippen molar-refractivity contribution >= 4 is 0 Å². The van der Waals surface area contributed by atoms with E-state index in [0.29, 0.717) is 5.41 Å². The van der Waals surface area contributed by atoms with E-state index in [1.54, 1.807) is 0 Å². The molecule has 11 heavy (non-hydrogen) atoms. The molecule has 1 aliphatic carbocycles. The second-order valence-electron chi connectivity index (χ2n) is 4.80. The lowest BCUT2D eigenvalue weighted by Gasteiger charge is -2.29. The van der Waals surface area contributed by atoms with Gasteiger partial charge in [-0.1, -0.05) is 27.7 Å². The molecule has 0 aliphatic heterocycles. The summed E-state index contributed by atoms with van der Waals surface area (Å²) < 4.78 is 0. The lowest BCUT2D eigenvalue weighted by atomic mass is 9.81. The third-order valence-electron chi connectivity index (χ3n) is 2.99. The number of rotatable bonds is 4. The lowest BCUT2D eigenvalue weighted by molar-refractivity contribution is 0.237.